The fourth-order valence-electron chi connectivity index (χ4n) is 8.51. The molecule has 58 heavy (non-hydrogen) atoms. The third-order valence-electron chi connectivity index (χ3n) is 11.3. The average molecular weight is 793 g/mol. The van der Waals surface area contributed by atoms with Gasteiger partial charge in [-0.15, -0.1) is 34.0 Å². The van der Waals surface area contributed by atoms with Crippen LogP contribution in [-0.2, 0) is 0 Å². The van der Waals surface area contributed by atoms with Crippen molar-refractivity contribution in [3.8, 4) is 32.8 Å². The Morgan fingerprint density at radius 2 is 0.966 bits per heavy atom. The van der Waals surface area contributed by atoms with Crippen molar-refractivity contribution in [1.82, 2.24) is 4.98 Å². The monoisotopic (exact) mass is 792 g/mol. The van der Waals surface area contributed by atoms with Gasteiger partial charge in [-0.25, -0.2) is 4.98 Å². The number of anilines is 3. The summed E-state index contributed by atoms with van der Waals surface area (Å²) in [6.07, 6.45) is 0. The summed E-state index contributed by atoms with van der Waals surface area (Å²) in [4.78, 5) is 7.56. The highest BCUT2D eigenvalue weighted by atomic mass is 32.1. The SMILES string of the molecule is c1ccc(-c2nc3c(ccc4sc5cc(-c6ccc(N(c7ccc(-c8cccc9ccccc89)cc7)c7ccc8c(c7)sc7ccccc78)cc6)ccc5c43)s2)cc1. The Labute approximate surface area is 347 Å². The lowest BCUT2D eigenvalue weighted by molar-refractivity contribution is 1.29. The highest BCUT2D eigenvalue weighted by Crippen LogP contribution is 2.44. The summed E-state index contributed by atoms with van der Waals surface area (Å²) in [7, 11) is 0. The molecule has 0 amide bonds. The van der Waals surface area contributed by atoms with Gasteiger partial charge < -0.3 is 4.90 Å². The van der Waals surface area contributed by atoms with E-state index in [4.69, 9.17) is 4.98 Å². The average Bonchev–Trinajstić information content (AvgIpc) is 4.00. The molecule has 12 aromatic rings. The maximum atomic E-state index is 5.17. The molecule has 0 bridgehead atoms. The zero-order valence-electron chi connectivity index (χ0n) is 31.1. The van der Waals surface area contributed by atoms with E-state index in [1.807, 2.05) is 22.7 Å². The van der Waals surface area contributed by atoms with E-state index in [1.54, 1.807) is 11.3 Å². The standard InChI is InChI=1S/C53H32N2S3/c1-2-10-36(11-3-1)53-54-52-48(58-53)30-29-47-51(52)45-27-21-37(31-49(45)57-47)33-17-22-38(23-18-33)55(40-26-28-44-43-14-6-7-16-46(43)56-50(44)32-40)39-24-19-35(20-25-39)42-15-8-12-34-9-4-5-13-41(34)42/h1-32H. The molecular weight excluding hydrogens is 761 g/mol. The van der Waals surface area contributed by atoms with Crippen LogP contribution in [0.2, 0.25) is 0 Å². The van der Waals surface area contributed by atoms with Crippen LogP contribution in [0.4, 0.5) is 17.1 Å². The number of hydrogen-bond acceptors (Lipinski definition) is 5. The van der Waals surface area contributed by atoms with Gasteiger partial charge in [-0.2, -0.15) is 0 Å². The van der Waals surface area contributed by atoms with Crippen molar-refractivity contribution in [2.24, 2.45) is 0 Å². The number of fused-ring (bicyclic) bond motifs is 9. The molecular formula is C53H32N2S3. The second kappa shape index (κ2) is 13.5. The van der Waals surface area contributed by atoms with Gasteiger partial charge >= 0.3 is 0 Å². The molecule has 5 heteroatoms. The first kappa shape index (κ1) is 33.5. The smallest absolute Gasteiger partial charge is 0.124 e. The first-order valence-electron chi connectivity index (χ1n) is 19.4. The Hall–Kier alpha value is -6.63. The topological polar surface area (TPSA) is 16.1 Å². The molecule has 3 heterocycles. The summed E-state index contributed by atoms with van der Waals surface area (Å²) in [5.74, 6) is 0. The highest BCUT2D eigenvalue weighted by molar-refractivity contribution is 7.27. The van der Waals surface area contributed by atoms with Gasteiger partial charge in [0.05, 0.1) is 10.2 Å². The number of benzene rings is 9. The molecule has 0 radical (unpaired) electrons. The molecule has 0 spiro atoms. The van der Waals surface area contributed by atoms with Gasteiger partial charge in [0.1, 0.15) is 5.01 Å². The lowest BCUT2D eigenvalue weighted by atomic mass is 9.98. The largest absolute Gasteiger partial charge is 0.310 e. The van der Waals surface area contributed by atoms with E-state index in [9.17, 15) is 0 Å². The summed E-state index contributed by atoms with van der Waals surface area (Å²) in [6, 6.07) is 70.9. The molecule has 0 aliphatic carbocycles. The molecule has 0 aliphatic heterocycles. The van der Waals surface area contributed by atoms with E-state index in [0.29, 0.717) is 0 Å². The molecule has 0 N–H and O–H groups in total. The van der Waals surface area contributed by atoms with Crippen molar-refractivity contribution in [3.63, 3.8) is 0 Å². The number of nitrogens with zero attached hydrogens (tertiary/aromatic N) is 2. The van der Waals surface area contributed by atoms with Crippen molar-refractivity contribution in [2.75, 3.05) is 4.90 Å². The van der Waals surface area contributed by atoms with Gasteiger partial charge in [0, 0.05) is 63.0 Å². The van der Waals surface area contributed by atoms with Gasteiger partial charge in [-0.3, -0.25) is 0 Å². The summed E-state index contributed by atoms with van der Waals surface area (Å²) in [5.41, 5.74) is 10.5. The predicted molar refractivity (Wildman–Crippen MR) is 254 cm³/mol. The minimum absolute atomic E-state index is 1.07. The molecule has 0 fully saturated rings. The lowest BCUT2D eigenvalue weighted by Crippen LogP contribution is -2.09. The normalized spacial score (nSPS) is 11.8. The fraction of sp³-hybridized carbons (Fsp3) is 0. The minimum Gasteiger partial charge on any atom is -0.310 e. The van der Waals surface area contributed by atoms with Crippen LogP contribution in [0.5, 0.6) is 0 Å². The van der Waals surface area contributed by atoms with E-state index in [2.05, 4.69) is 199 Å². The van der Waals surface area contributed by atoms with Gasteiger partial charge in [0.15, 0.2) is 0 Å². The van der Waals surface area contributed by atoms with E-state index >= 15 is 0 Å². The van der Waals surface area contributed by atoms with Gasteiger partial charge in [0.2, 0.25) is 0 Å². The van der Waals surface area contributed by atoms with Crippen molar-refractivity contribution in [2.45, 2.75) is 0 Å². The maximum Gasteiger partial charge on any atom is 0.124 e. The first-order valence-corrected chi connectivity index (χ1v) is 21.9. The van der Waals surface area contributed by atoms with Gasteiger partial charge in [-0.05, 0) is 93.7 Å². The Balaban J connectivity index is 0.932. The van der Waals surface area contributed by atoms with Crippen LogP contribution >= 0.6 is 34.0 Å². The molecule has 0 saturated heterocycles. The minimum atomic E-state index is 1.07. The van der Waals surface area contributed by atoms with Crippen LogP contribution in [0.15, 0.2) is 194 Å². The Bertz CT molecular complexity index is 3500. The van der Waals surface area contributed by atoms with Gasteiger partial charge in [0.25, 0.3) is 0 Å². The molecule has 0 unspecified atom stereocenters. The van der Waals surface area contributed by atoms with Crippen LogP contribution in [0.25, 0.3) is 94.2 Å². The van der Waals surface area contributed by atoms with Gasteiger partial charge in [-0.1, -0.05) is 133 Å². The van der Waals surface area contributed by atoms with E-state index in [1.165, 1.54) is 83.6 Å². The number of thiazole rings is 1. The highest BCUT2D eigenvalue weighted by Gasteiger charge is 2.18. The van der Waals surface area contributed by atoms with Crippen LogP contribution < -0.4 is 4.90 Å². The van der Waals surface area contributed by atoms with Crippen LogP contribution in [0.1, 0.15) is 0 Å². The third-order valence-corrected chi connectivity index (χ3v) is 14.6. The molecule has 2 nitrogen and oxygen atoms in total. The number of thiophene rings is 2. The second-order valence-corrected chi connectivity index (χ2v) is 17.9. The molecule has 0 saturated carbocycles. The predicted octanol–water partition coefficient (Wildman–Crippen LogP) is 16.7. The second-order valence-electron chi connectivity index (χ2n) is 14.7. The Morgan fingerprint density at radius 1 is 0.345 bits per heavy atom. The summed E-state index contributed by atoms with van der Waals surface area (Å²) < 4.78 is 6.38. The lowest BCUT2D eigenvalue weighted by Gasteiger charge is -2.26. The van der Waals surface area contributed by atoms with Crippen LogP contribution in [0.3, 0.4) is 0 Å². The zero-order valence-corrected chi connectivity index (χ0v) is 33.5. The Kier molecular flexibility index (Phi) is 7.80. The number of rotatable bonds is 6. The van der Waals surface area contributed by atoms with Crippen LogP contribution in [0, 0.1) is 0 Å². The molecule has 0 aliphatic rings. The van der Waals surface area contributed by atoms with Crippen molar-refractivity contribution < 1.29 is 0 Å². The summed E-state index contributed by atoms with van der Waals surface area (Å²) >= 11 is 5.48. The molecule has 272 valence electrons. The van der Waals surface area contributed by atoms with Crippen molar-refractivity contribution in [3.05, 3.63) is 194 Å². The van der Waals surface area contributed by atoms with E-state index in [0.717, 1.165) is 27.6 Å². The third kappa shape index (κ3) is 5.54. The Morgan fingerprint density at radius 3 is 1.81 bits per heavy atom. The summed E-state index contributed by atoms with van der Waals surface area (Å²) in [5, 5.41) is 8.73. The van der Waals surface area contributed by atoms with Crippen LogP contribution in [-0.4, -0.2) is 4.98 Å². The molecule has 12 rings (SSSR count). The van der Waals surface area contributed by atoms with Crippen molar-refractivity contribution in [1.29, 1.82) is 0 Å². The quantitative estimate of drug-likeness (QED) is 0.167. The van der Waals surface area contributed by atoms with E-state index < -0.39 is 0 Å². The van der Waals surface area contributed by atoms with E-state index in [-0.39, 0.29) is 0 Å². The first-order chi connectivity index (χ1) is 28.7. The number of hydrogen-bond donors (Lipinski definition) is 0. The fourth-order valence-corrected chi connectivity index (χ4v) is 11.8. The number of aromatic nitrogens is 1. The summed E-state index contributed by atoms with van der Waals surface area (Å²) in [6.45, 7) is 0. The maximum absolute atomic E-state index is 5.17. The zero-order chi connectivity index (χ0) is 38.2. The van der Waals surface area contributed by atoms with Crippen molar-refractivity contribution >= 4 is 112 Å². The molecule has 0 atom stereocenters. The molecule has 9 aromatic carbocycles. The molecule has 3 aromatic heterocycles.